The molecule has 0 unspecified atom stereocenters. The molecule has 1 aromatic heterocycles. The lowest BCUT2D eigenvalue weighted by Gasteiger charge is -2.34. The third kappa shape index (κ3) is 2.90. The molecular formula is C36H23BN2O. The van der Waals surface area contributed by atoms with Gasteiger partial charge in [0.05, 0.1) is 11.0 Å². The van der Waals surface area contributed by atoms with Crippen LogP contribution < -0.4 is 26.0 Å². The Morgan fingerprint density at radius 3 is 2.02 bits per heavy atom. The van der Waals surface area contributed by atoms with Crippen molar-refractivity contribution in [3.05, 3.63) is 140 Å². The fraction of sp³-hybridized carbons (Fsp3) is 0. The summed E-state index contributed by atoms with van der Waals surface area (Å²) in [6.45, 7) is 0.103. The van der Waals surface area contributed by atoms with Gasteiger partial charge in [-0.05, 0) is 77.1 Å². The van der Waals surface area contributed by atoms with E-state index in [4.69, 9.17) is 4.74 Å². The highest BCUT2D eigenvalue weighted by molar-refractivity contribution is 6.99. The summed E-state index contributed by atoms with van der Waals surface area (Å²) in [5, 5.41) is 2.53. The maximum Gasteiger partial charge on any atom is 0.256 e. The van der Waals surface area contributed by atoms with Gasteiger partial charge in [-0.3, -0.25) is 0 Å². The van der Waals surface area contributed by atoms with Gasteiger partial charge in [0.15, 0.2) is 0 Å². The molecule has 0 bridgehead atoms. The first-order chi connectivity index (χ1) is 19.9. The van der Waals surface area contributed by atoms with Crippen molar-refractivity contribution in [2.45, 2.75) is 0 Å². The van der Waals surface area contributed by atoms with Gasteiger partial charge in [0.2, 0.25) is 0 Å². The molecule has 3 heterocycles. The fourth-order valence-corrected chi connectivity index (χ4v) is 6.80. The van der Waals surface area contributed by atoms with Crippen LogP contribution >= 0.6 is 0 Å². The van der Waals surface area contributed by atoms with Crippen molar-refractivity contribution in [1.82, 2.24) is 4.57 Å². The molecule has 3 nitrogen and oxygen atoms in total. The van der Waals surface area contributed by atoms with E-state index in [1.807, 2.05) is 0 Å². The van der Waals surface area contributed by atoms with Crippen LogP contribution in [0.3, 0.4) is 0 Å². The largest absolute Gasteiger partial charge is 0.458 e. The molecule has 4 heteroatoms. The zero-order valence-corrected chi connectivity index (χ0v) is 21.7. The number of aromatic nitrogens is 1. The molecule has 186 valence electrons. The van der Waals surface area contributed by atoms with Crippen LogP contribution in [0.1, 0.15) is 0 Å². The van der Waals surface area contributed by atoms with E-state index in [9.17, 15) is 0 Å². The van der Waals surface area contributed by atoms with Gasteiger partial charge in [-0.1, -0.05) is 78.9 Å². The average Bonchev–Trinajstić information content (AvgIpc) is 3.36. The Labute approximate surface area is 232 Å². The monoisotopic (exact) mass is 510 g/mol. The number of benzene rings is 6. The number of rotatable bonds is 3. The van der Waals surface area contributed by atoms with Crippen LogP contribution in [-0.2, 0) is 0 Å². The molecule has 2 aliphatic heterocycles. The van der Waals surface area contributed by atoms with E-state index in [1.54, 1.807) is 0 Å². The molecule has 0 saturated heterocycles. The van der Waals surface area contributed by atoms with Crippen LogP contribution in [-0.4, -0.2) is 11.3 Å². The Morgan fingerprint density at radius 1 is 0.525 bits per heavy atom. The lowest BCUT2D eigenvalue weighted by atomic mass is 9.34. The maximum absolute atomic E-state index is 6.51. The molecule has 2 aliphatic rings. The van der Waals surface area contributed by atoms with Crippen LogP contribution in [0.25, 0.3) is 27.5 Å². The number of ether oxygens (including phenoxy) is 1. The summed E-state index contributed by atoms with van der Waals surface area (Å²) >= 11 is 0. The Bertz CT molecular complexity index is 2060. The van der Waals surface area contributed by atoms with E-state index in [0.29, 0.717) is 0 Å². The minimum atomic E-state index is 0.103. The van der Waals surface area contributed by atoms with Crippen molar-refractivity contribution >= 4 is 62.0 Å². The van der Waals surface area contributed by atoms with Crippen LogP contribution in [0.4, 0.5) is 17.1 Å². The summed E-state index contributed by atoms with van der Waals surface area (Å²) in [6, 6.07) is 49.8. The Kier molecular flexibility index (Phi) is 4.41. The highest BCUT2D eigenvalue weighted by atomic mass is 16.5. The molecule has 0 aliphatic carbocycles. The molecule has 0 spiro atoms. The summed E-state index contributed by atoms with van der Waals surface area (Å²) < 4.78 is 8.97. The topological polar surface area (TPSA) is 17.4 Å². The van der Waals surface area contributed by atoms with Gasteiger partial charge in [-0.15, -0.1) is 0 Å². The zero-order valence-electron chi connectivity index (χ0n) is 21.7. The van der Waals surface area contributed by atoms with E-state index in [1.165, 1.54) is 43.9 Å². The molecule has 0 radical (unpaired) electrons. The van der Waals surface area contributed by atoms with Gasteiger partial charge in [0.25, 0.3) is 6.71 Å². The van der Waals surface area contributed by atoms with E-state index < -0.39 is 0 Å². The van der Waals surface area contributed by atoms with Crippen molar-refractivity contribution in [3.63, 3.8) is 0 Å². The van der Waals surface area contributed by atoms with Crippen LogP contribution in [0.2, 0.25) is 0 Å². The Morgan fingerprint density at radius 2 is 1.23 bits per heavy atom. The lowest BCUT2D eigenvalue weighted by molar-refractivity contribution is 0.488. The van der Waals surface area contributed by atoms with Gasteiger partial charge in [-0.2, -0.15) is 0 Å². The van der Waals surface area contributed by atoms with E-state index >= 15 is 0 Å². The second-order valence-corrected chi connectivity index (χ2v) is 10.5. The number of anilines is 3. The predicted octanol–water partition coefficient (Wildman–Crippen LogP) is 7.19. The molecule has 0 amide bonds. The first-order valence-electron chi connectivity index (χ1n) is 13.7. The minimum absolute atomic E-state index is 0.103. The van der Waals surface area contributed by atoms with Gasteiger partial charge in [0.1, 0.15) is 11.5 Å². The molecule has 0 fully saturated rings. The first kappa shape index (κ1) is 21.7. The second-order valence-electron chi connectivity index (χ2n) is 10.5. The summed E-state index contributed by atoms with van der Waals surface area (Å²) in [5.74, 6) is 1.89. The Balaban J connectivity index is 1.39. The smallest absolute Gasteiger partial charge is 0.256 e. The molecular weight excluding hydrogens is 487 g/mol. The highest BCUT2D eigenvalue weighted by Crippen LogP contribution is 2.40. The third-order valence-electron chi connectivity index (χ3n) is 8.43. The van der Waals surface area contributed by atoms with Gasteiger partial charge < -0.3 is 14.2 Å². The van der Waals surface area contributed by atoms with E-state index in [2.05, 4.69) is 149 Å². The van der Waals surface area contributed by atoms with Crippen LogP contribution in [0.5, 0.6) is 11.5 Å². The van der Waals surface area contributed by atoms with Crippen molar-refractivity contribution in [2.24, 2.45) is 0 Å². The predicted molar refractivity (Wildman–Crippen MR) is 167 cm³/mol. The first-order valence-corrected chi connectivity index (χ1v) is 13.7. The number of fused-ring (bicyclic) bond motifs is 8. The standard InChI is InChI=1S/C36H23BN2O/c1-3-11-24(12-4-1)38(25-13-5-2-6-14-25)26-19-21-29-32(23-26)39-31-17-9-7-15-27(31)28-20-22-34-35(36(28)39)37(29)30-16-8-10-18-33(30)40-34/h1-23H. The summed E-state index contributed by atoms with van der Waals surface area (Å²) in [5.41, 5.74) is 10.8. The Hall–Kier alpha value is -5.22. The zero-order chi connectivity index (χ0) is 26.2. The summed E-state index contributed by atoms with van der Waals surface area (Å²) in [4.78, 5) is 2.34. The van der Waals surface area contributed by atoms with Crippen LogP contribution in [0, 0.1) is 0 Å². The summed E-state index contributed by atoms with van der Waals surface area (Å²) in [6.07, 6.45) is 0. The van der Waals surface area contributed by atoms with Crippen molar-refractivity contribution in [1.29, 1.82) is 0 Å². The molecule has 40 heavy (non-hydrogen) atoms. The molecule has 0 saturated carbocycles. The number of hydrogen-bond donors (Lipinski definition) is 0. The SMILES string of the molecule is c1ccc(N(c2ccccc2)c2ccc3c(c2)-n2c4ccccc4c4ccc5c(c42)B3c2ccccc2O5)cc1. The number of nitrogens with zero attached hydrogens (tertiary/aromatic N) is 2. The summed E-state index contributed by atoms with van der Waals surface area (Å²) in [7, 11) is 0. The number of hydrogen-bond acceptors (Lipinski definition) is 2. The normalized spacial score (nSPS) is 12.7. The minimum Gasteiger partial charge on any atom is -0.458 e. The lowest BCUT2D eigenvalue weighted by Crippen LogP contribution is -2.58. The van der Waals surface area contributed by atoms with Crippen molar-refractivity contribution in [3.8, 4) is 17.2 Å². The molecule has 0 N–H and O–H groups in total. The third-order valence-corrected chi connectivity index (χ3v) is 8.43. The fourth-order valence-electron chi connectivity index (χ4n) is 6.80. The second kappa shape index (κ2) is 8.14. The highest BCUT2D eigenvalue weighted by Gasteiger charge is 2.40. The van der Waals surface area contributed by atoms with E-state index in [0.717, 1.165) is 28.6 Å². The molecule has 7 aromatic rings. The molecule has 9 rings (SSSR count). The van der Waals surface area contributed by atoms with Crippen molar-refractivity contribution in [2.75, 3.05) is 4.90 Å². The maximum atomic E-state index is 6.51. The van der Waals surface area contributed by atoms with Crippen molar-refractivity contribution < 1.29 is 4.74 Å². The van der Waals surface area contributed by atoms with E-state index in [-0.39, 0.29) is 6.71 Å². The molecule has 6 aromatic carbocycles. The molecule has 0 atom stereocenters. The van der Waals surface area contributed by atoms with Gasteiger partial charge in [0, 0.05) is 33.5 Å². The average molecular weight is 510 g/mol. The quantitative estimate of drug-likeness (QED) is 0.234. The number of para-hydroxylation sites is 4. The van der Waals surface area contributed by atoms with Gasteiger partial charge in [-0.25, -0.2) is 0 Å². The van der Waals surface area contributed by atoms with Gasteiger partial charge >= 0.3 is 0 Å². The van der Waals surface area contributed by atoms with Crippen LogP contribution in [0.15, 0.2) is 140 Å².